The van der Waals surface area contributed by atoms with Crippen molar-refractivity contribution >= 4 is 0 Å². The van der Waals surface area contributed by atoms with Gasteiger partial charge in [-0.1, -0.05) is 6.07 Å². The van der Waals surface area contributed by atoms with Crippen molar-refractivity contribution < 1.29 is 0 Å². The van der Waals surface area contributed by atoms with Crippen LogP contribution >= 0.6 is 0 Å². The Morgan fingerprint density at radius 3 is 3.12 bits per heavy atom. The minimum absolute atomic E-state index is 0.790. The number of hydrogen-bond donors (Lipinski definition) is 1. The lowest BCUT2D eigenvalue weighted by atomic mass is 10.3. The first-order valence-corrected chi connectivity index (χ1v) is 5.41. The quantitative estimate of drug-likeness (QED) is 0.762. The molecule has 3 rings (SSSR count). The zero-order valence-corrected chi connectivity index (χ0v) is 9.14. The molecule has 0 aliphatic carbocycles. The molecule has 0 radical (unpaired) electrons. The molecular weight excluding hydrogens is 202 g/mol. The van der Waals surface area contributed by atoms with Crippen LogP contribution in [-0.2, 0) is 13.1 Å². The van der Waals surface area contributed by atoms with Gasteiger partial charge in [0.1, 0.15) is 11.5 Å². The van der Waals surface area contributed by atoms with E-state index in [2.05, 4.69) is 25.1 Å². The fourth-order valence-corrected chi connectivity index (χ4v) is 1.95. The number of nitrogens with one attached hydrogen (secondary N) is 1. The van der Waals surface area contributed by atoms with Crippen molar-refractivity contribution in [3.63, 3.8) is 0 Å². The fourth-order valence-electron chi connectivity index (χ4n) is 1.95. The lowest BCUT2D eigenvalue weighted by molar-refractivity contribution is 0.508. The maximum Gasteiger partial charge on any atom is 0.182 e. The summed E-state index contributed by atoms with van der Waals surface area (Å²) < 4.78 is 2.14. The number of fused-ring (bicyclic) bond motifs is 1. The van der Waals surface area contributed by atoms with Gasteiger partial charge in [-0.15, -0.1) is 10.2 Å². The van der Waals surface area contributed by atoms with E-state index in [-0.39, 0.29) is 0 Å². The van der Waals surface area contributed by atoms with E-state index in [1.165, 1.54) is 0 Å². The molecule has 0 aromatic carbocycles. The predicted molar refractivity (Wildman–Crippen MR) is 59.7 cm³/mol. The van der Waals surface area contributed by atoms with Gasteiger partial charge in [0.15, 0.2) is 5.82 Å². The molecule has 0 saturated heterocycles. The van der Waals surface area contributed by atoms with Crippen molar-refractivity contribution in [3.8, 4) is 11.5 Å². The van der Waals surface area contributed by atoms with Crippen LogP contribution in [0.4, 0.5) is 0 Å². The van der Waals surface area contributed by atoms with Crippen molar-refractivity contribution in [2.45, 2.75) is 20.0 Å². The molecule has 0 spiro atoms. The Morgan fingerprint density at radius 1 is 1.31 bits per heavy atom. The molecule has 2 aromatic heterocycles. The van der Waals surface area contributed by atoms with Crippen LogP contribution in [0.3, 0.4) is 0 Å². The molecule has 0 unspecified atom stereocenters. The van der Waals surface area contributed by atoms with E-state index in [1.54, 1.807) is 0 Å². The van der Waals surface area contributed by atoms with E-state index in [1.807, 2.05) is 25.1 Å². The molecule has 0 amide bonds. The predicted octanol–water partition coefficient (Wildman–Crippen LogP) is 0.752. The summed E-state index contributed by atoms with van der Waals surface area (Å²) in [5.41, 5.74) is 1.91. The molecule has 0 saturated carbocycles. The first-order chi connectivity index (χ1) is 7.84. The third-order valence-corrected chi connectivity index (χ3v) is 2.74. The second kappa shape index (κ2) is 3.68. The second-order valence-electron chi connectivity index (χ2n) is 3.93. The number of aryl methyl sites for hydroxylation is 1. The Morgan fingerprint density at radius 2 is 2.25 bits per heavy atom. The molecule has 0 atom stereocenters. The number of rotatable bonds is 1. The monoisotopic (exact) mass is 215 g/mol. The Kier molecular flexibility index (Phi) is 2.18. The van der Waals surface area contributed by atoms with Gasteiger partial charge in [-0.25, -0.2) is 4.98 Å². The fraction of sp³-hybridized carbons (Fsp3) is 0.364. The van der Waals surface area contributed by atoms with Gasteiger partial charge in [0.2, 0.25) is 0 Å². The molecule has 0 bridgehead atoms. The summed E-state index contributed by atoms with van der Waals surface area (Å²) in [6.45, 7) is 4.65. The van der Waals surface area contributed by atoms with Crippen molar-refractivity contribution in [1.82, 2.24) is 25.1 Å². The zero-order chi connectivity index (χ0) is 11.0. The van der Waals surface area contributed by atoms with Gasteiger partial charge in [-0.3, -0.25) is 0 Å². The summed E-state index contributed by atoms with van der Waals surface area (Å²) in [6.07, 6.45) is 0. The van der Waals surface area contributed by atoms with Crippen molar-refractivity contribution in [2.24, 2.45) is 0 Å². The maximum absolute atomic E-state index is 4.48. The highest BCUT2D eigenvalue weighted by Gasteiger charge is 2.17. The van der Waals surface area contributed by atoms with Crippen LogP contribution in [0.5, 0.6) is 0 Å². The number of nitrogens with zero attached hydrogens (tertiary/aromatic N) is 4. The Balaban J connectivity index is 2.09. The lowest BCUT2D eigenvalue weighted by Gasteiger charge is -2.15. The van der Waals surface area contributed by atoms with Crippen LogP contribution in [0.15, 0.2) is 18.2 Å². The smallest absolute Gasteiger partial charge is 0.182 e. The van der Waals surface area contributed by atoms with Crippen LogP contribution in [-0.4, -0.2) is 26.3 Å². The Bertz CT molecular complexity index is 517. The van der Waals surface area contributed by atoms with Gasteiger partial charge in [0, 0.05) is 18.8 Å². The zero-order valence-electron chi connectivity index (χ0n) is 9.14. The van der Waals surface area contributed by atoms with Gasteiger partial charge in [-0.2, -0.15) is 0 Å². The summed E-state index contributed by atoms with van der Waals surface area (Å²) in [6, 6.07) is 5.96. The van der Waals surface area contributed by atoms with Crippen LogP contribution in [0.1, 0.15) is 11.5 Å². The molecule has 0 fully saturated rings. The maximum atomic E-state index is 4.48. The SMILES string of the molecule is Cc1cccc(-c2nnc3n2CCNC3)n1. The summed E-state index contributed by atoms with van der Waals surface area (Å²) >= 11 is 0. The van der Waals surface area contributed by atoms with Gasteiger partial charge >= 0.3 is 0 Å². The van der Waals surface area contributed by atoms with Crippen LogP contribution < -0.4 is 5.32 Å². The molecule has 1 aliphatic rings. The summed E-state index contributed by atoms with van der Waals surface area (Å²) in [4.78, 5) is 4.48. The topological polar surface area (TPSA) is 55.6 Å². The number of hydrogen-bond acceptors (Lipinski definition) is 4. The summed E-state index contributed by atoms with van der Waals surface area (Å²) in [5.74, 6) is 1.87. The van der Waals surface area contributed by atoms with Gasteiger partial charge in [0.25, 0.3) is 0 Å². The Hall–Kier alpha value is -1.75. The molecule has 16 heavy (non-hydrogen) atoms. The van der Waals surface area contributed by atoms with E-state index < -0.39 is 0 Å². The highest BCUT2D eigenvalue weighted by atomic mass is 15.3. The van der Waals surface area contributed by atoms with Crippen molar-refractivity contribution in [2.75, 3.05) is 6.54 Å². The molecule has 2 aromatic rings. The molecule has 1 aliphatic heterocycles. The molecule has 82 valence electrons. The highest BCUT2D eigenvalue weighted by molar-refractivity contribution is 5.49. The van der Waals surface area contributed by atoms with Crippen LogP contribution in [0.2, 0.25) is 0 Å². The molecular formula is C11H13N5. The minimum Gasteiger partial charge on any atom is -0.308 e. The van der Waals surface area contributed by atoms with Gasteiger partial charge in [0.05, 0.1) is 6.54 Å². The third-order valence-electron chi connectivity index (χ3n) is 2.74. The standard InChI is InChI=1S/C11H13N5/c1-8-3-2-4-9(13-8)11-15-14-10-7-12-5-6-16(10)11/h2-4,12H,5-7H2,1H3. The molecule has 1 N–H and O–H groups in total. The van der Waals surface area contributed by atoms with E-state index in [0.717, 1.165) is 42.7 Å². The second-order valence-corrected chi connectivity index (χ2v) is 3.93. The number of aromatic nitrogens is 4. The molecule has 5 heteroatoms. The normalized spacial score (nSPS) is 14.8. The van der Waals surface area contributed by atoms with Crippen LogP contribution in [0.25, 0.3) is 11.5 Å². The lowest BCUT2D eigenvalue weighted by Crippen LogP contribution is -2.28. The van der Waals surface area contributed by atoms with E-state index in [9.17, 15) is 0 Å². The molecule has 5 nitrogen and oxygen atoms in total. The van der Waals surface area contributed by atoms with Crippen LogP contribution in [0, 0.1) is 6.92 Å². The average molecular weight is 215 g/mol. The van der Waals surface area contributed by atoms with E-state index in [0.29, 0.717) is 0 Å². The minimum atomic E-state index is 0.790. The first-order valence-electron chi connectivity index (χ1n) is 5.41. The third kappa shape index (κ3) is 1.49. The van der Waals surface area contributed by atoms with E-state index >= 15 is 0 Å². The first kappa shape index (κ1) is 9.47. The van der Waals surface area contributed by atoms with Crippen molar-refractivity contribution in [1.29, 1.82) is 0 Å². The average Bonchev–Trinajstić information content (AvgIpc) is 2.72. The largest absolute Gasteiger partial charge is 0.308 e. The summed E-state index contributed by atoms with van der Waals surface area (Å²) in [5, 5.41) is 11.7. The highest BCUT2D eigenvalue weighted by Crippen LogP contribution is 2.17. The van der Waals surface area contributed by atoms with Crippen molar-refractivity contribution in [3.05, 3.63) is 29.7 Å². The Labute approximate surface area is 93.5 Å². The summed E-state index contributed by atoms with van der Waals surface area (Å²) in [7, 11) is 0. The number of pyridine rings is 1. The van der Waals surface area contributed by atoms with Gasteiger partial charge < -0.3 is 9.88 Å². The van der Waals surface area contributed by atoms with E-state index in [4.69, 9.17) is 0 Å². The molecule has 3 heterocycles. The van der Waals surface area contributed by atoms with Gasteiger partial charge in [-0.05, 0) is 19.1 Å².